The monoisotopic (exact) mass is 336 g/mol. The third kappa shape index (κ3) is 3.10. The second kappa shape index (κ2) is 5.96. The van der Waals surface area contributed by atoms with Gasteiger partial charge in [0, 0.05) is 11.6 Å². The molecule has 1 saturated heterocycles. The number of nitrogens with one attached hydrogen (secondary N) is 1. The van der Waals surface area contributed by atoms with Crippen LogP contribution in [0.1, 0.15) is 43.0 Å². The second-order valence-corrected chi connectivity index (χ2v) is 8.15. The molecule has 0 spiro atoms. The van der Waals surface area contributed by atoms with E-state index in [1.165, 1.54) is 6.07 Å². The molecule has 3 rings (SSSR count). The lowest BCUT2D eigenvalue weighted by molar-refractivity contribution is -0.119. The van der Waals surface area contributed by atoms with Crippen LogP contribution in [-0.4, -0.2) is 32.0 Å². The smallest absolute Gasteiger partial charge is 0.251 e. The van der Waals surface area contributed by atoms with Crippen molar-refractivity contribution in [2.75, 3.05) is 10.1 Å². The van der Waals surface area contributed by atoms with Crippen LogP contribution in [-0.2, 0) is 14.8 Å². The van der Waals surface area contributed by atoms with Gasteiger partial charge in [-0.2, -0.15) is 0 Å². The summed E-state index contributed by atoms with van der Waals surface area (Å²) in [6.07, 6.45) is 4.18. The first-order valence-electron chi connectivity index (χ1n) is 7.86. The number of amides is 2. The molecule has 1 atom stereocenters. The van der Waals surface area contributed by atoms with E-state index in [2.05, 4.69) is 5.32 Å². The van der Waals surface area contributed by atoms with Crippen LogP contribution < -0.4 is 9.62 Å². The molecule has 7 heteroatoms. The van der Waals surface area contributed by atoms with Crippen LogP contribution in [0.3, 0.4) is 0 Å². The van der Waals surface area contributed by atoms with E-state index in [9.17, 15) is 18.0 Å². The molecule has 1 heterocycles. The highest BCUT2D eigenvalue weighted by Gasteiger charge is 2.42. The molecule has 0 bridgehead atoms. The van der Waals surface area contributed by atoms with Crippen molar-refractivity contribution in [1.82, 2.24) is 5.32 Å². The van der Waals surface area contributed by atoms with Crippen LogP contribution in [0.2, 0.25) is 0 Å². The van der Waals surface area contributed by atoms with Gasteiger partial charge in [0.25, 0.3) is 5.91 Å². The van der Waals surface area contributed by atoms with Gasteiger partial charge in [-0.15, -0.1) is 0 Å². The number of hydrogen-bond acceptors (Lipinski definition) is 4. The Morgan fingerprint density at radius 2 is 1.96 bits per heavy atom. The van der Waals surface area contributed by atoms with Crippen LogP contribution in [0.15, 0.2) is 24.3 Å². The SMILES string of the molecule is CC1CS(=O)(=O)N(c2cccc(C(=O)NC3CCCC3)c2)C1=O. The molecular formula is C16H20N2O4S. The summed E-state index contributed by atoms with van der Waals surface area (Å²) in [6, 6.07) is 6.43. The first-order valence-corrected chi connectivity index (χ1v) is 9.47. The van der Waals surface area contributed by atoms with E-state index in [1.807, 2.05) is 0 Å². The van der Waals surface area contributed by atoms with Crippen molar-refractivity contribution in [2.45, 2.75) is 38.6 Å². The molecule has 6 nitrogen and oxygen atoms in total. The maximum Gasteiger partial charge on any atom is 0.251 e. The summed E-state index contributed by atoms with van der Waals surface area (Å²) >= 11 is 0. The highest BCUT2D eigenvalue weighted by Crippen LogP contribution is 2.29. The molecule has 2 fully saturated rings. The predicted molar refractivity (Wildman–Crippen MR) is 86.6 cm³/mol. The number of hydrogen-bond donors (Lipinski definition) is 1. The first-order chi connectivity index (χ1) is 10.9. The molecule has 1 aromatic rings. The Kier molecular flexibility index (Phi) is 4.14. The molecular weight excluding hydrogens is 316 g/mol. The summed E-state index contributed by atoms with van der Waals surface area (Å²) in [6.45, 7) is 1.59. The van der Waals surface area contributed by atoms with Gasteiger partial charge < -0.3 is 5.32 Å². The highest BCUT2D eigenvalue weighted by atomic mass is 32.2. The molecule has 1 saturated carbocycles. The molecule has 2 aliphatic rings. The zero-order valence-electron chi connectivity index (χ0n) is 13.0. The molecule has 124 valence electrons. The molecule has 1 aromatic carbocycles. The fourth-order valence-corrected chi connectivity index (χ4v) is 5.01. The molecule has 0 radical (unpaired) electrons. The third-order valence-electron chi connectivity index (χ3n) is 4.39. The highest BCUT2D eigenvalue weighted by molar-refractivity contribution is 7.94. The van der Waals surface area contributed by atoms with E-state index in [0.29, 0.717) is 5.56 Å². The Morgan fingerprint density at radius 1 is 1.26 bits per heavy atom. The second-order valence-electron chi connectivity index (χ2n) is 6.29. The van der Waals surface area contributed by atoms with Crippen molar-refractivity contribution in [2.24, 2.45) is 5.92 Å². The summed E-state index contributed by atoms with van der Waals surface area (Å²) in [5, 5.41) is 2.96. The zero-order valence-corrected chi connectivity index (χ0v) is 13.8. The van der Waals surface area contributed by atoms with Crippen LogP contribution in [0.5, 0.6) is 0 Å². The largest absolute Gasteiger partial charge is 0.349 e. The Balaban J connectivity index is 1.85. The quantitative estimate of drug-likeness (QED) is 0.910. The summed E-state index contributed by atoms with van der Waals surface area (Å²) in [4.78, 5) is 24.4. The lowest BCUT2D eigenvalue weighted by Crippen LogP contribution is -2.33. The topological polar surface area (TPSA) is 83.6 Å². The van der Waals surface area contributed by atoms with Crippen molar-refractivity contribution in [3.05, 3.63) is 29.8 Å². The average molecular weight is 336 g/mol. The van der Waals surface area contributed by atoms with Gasteiger partial charge in [-0.05, 0) is 31.0 Å². The van der Waals surface area contributed by atoms with Crippen LogP contribution >= 0.6 is 0 Å². The van der Waals surface area contributed by atoms with Crippen LogP contribution in [0.25, 0.3) is 0 Å². The minimum absolute atomic E-state index is 0.184. The number of carbonyl (C=O) groups excluding carboxylic acids is 2. The number of rotatable bonds is 3. The van der Waals surface area contributed by atoms with Crippen molar-refractivity contribution >= 4 is 27.5 Å². The molecule has 1 aliphatic heterocycles. The van der Waals surface area contributed by atoms with E-state index >= 15 is 0 Å². The Hall–Kier alpha value is -1.89. The van der Waals surface area contributed by atoms with E-state index in [1.54, 1.807) is 25.1 Å². The molecule has 0 aromatic heterocycles. The van der Waals surface area contributed by atoms with Gasteiger partial charge >= 0.3 is 0 Å². The maximum atomic E-state index is 12.3. The van der Waals surface area contributed by atoms with Gasteiger partial charge in [-0.25, -0.2) is 12.7 Å². The van der Waals surface area contributed by atoms with Crippen molar-refractivity contribution in [3.63, 3.8) is 0 Å². The van der Waals surface area contributed by atoms with Gasteiger partial charge in [0.05, 0.1) is 17.4 Å². The summed E-state index contributed by atoms with van der Waals surface area (Å²) in [7, 11) is -3.65. The van der Waals surface area contributed by atoms with Crippen molar-refractivity contribution in [1.29, 1.82) is 0 Å². The Morgan fingerprint density at radius 3 is 2.57 bits per heavy atom. The van der Waals surface area contributed by atoms with Gasteiger partial charge in [0.2, 0.25) is 15.9 Å². The fraction of sp³-hybridized carbons (Fsp3) is 0.500. The molecule has 2 amide bonds. The zero-order chi connectivity index (χ0) is 16.6. The Bertz CT molecular complexity index is 738. The summed E-state index contributed by atoms with van der Waals surface area (Å²) in [5.41, 5.74) is 0.607. The van der Waals surface area contributed by atoms with E-state index < -0.39 is 21.8 Å². The number of benzene rings is 1. The van der Waals surface area contributed by atoms with Gasteiger partial charge in [0.1, 0.15) is 0 Å². The van der Waals surface area contributed by atoms with Gasteiger partial charge in [0.15, 0.2) is 0 Å². The van der Waals surface area contributed by atoms with Crippen molar-refractivity contribution < 1.29 is 18.0 Å². The van der Waals surface area contributed by atoms with Gasteiger partial charge in [-0.1, -0.05) is 25.8 Å². The number of nitrogens with zero attached hydrogens (tertiary/aromatic N) is 1. The fourth-order valence-electron chi connectivity index (χ4n) is 3.20. The normalized spacial score (nSPS) is 24.1. The number of carbonyl (C=O) groups is 2. The third-order valence-corrected chi connectivity index (χ3v) is 6.26. The molecule has 1 unspecified atom stereocenters. The summed E-state index contributed by atoms with van der Waals surface area (Å²) < 4.78 is 25.1. The molecule has 23 heavy (non-hydrogen) atoms. The number of anilines is 1. The predicted octanol–water partition coefficient (Wildman–Crippen LogP) is 1.67. The minimum atomic E-state index is -3.65. The van der Waals surface area contributed by atoms with Crippen molar-refractivity contribution in [3.8, 4) is 0 Å². The van der Waals surface area contributed by atoms with E-state index in [4.69, 9.17) is 0 Å². The maximum absolute atomic E-state index is 12.3. The standard InChI is InChI=1S/C16H20N2O4S/c1-11-10-23(21,22)18(16(11)20)14-8-4-5-12(9-14)15(19)17-13-6-2-3-7-13/h4-5,8-9,11,13H,2-3,6-7,10H2,1H3,(H,17,19). The summed E-state index contributed by atoms with van der Waals surface area (Å²) in [5.74, 6) is -1.42. The Labute approximate surface area is 135 Å². The molecule has 1 aliphatic carbocycles. The average Bonchev–Trinajstić information content (AvgIpc) is 3.06. The van der Waals surface area contributed by atoms with Crippen LogP contribution in [0, 0.1) is 5.92 Å². The minimum Gasteiger partial charge on any atom is -0.349 e. The van der Waals surface area contributed by atoms with Crippen LogP contribution in [0.4, 0.5) is 5.69 Å². The lowest BCUT2D eigenvalue weighted by atomic mass is 10.1. The molecule has 1 N–H and O–H groups in total. The lowest BCUT2D eigenvalue weighted by Gasteiger charge is -2.17. The van der Waals surface area contributed by atoms with E-state index in [0.717, 1.165) is 30.0 Å². The first kappa shape index (κ1) is 16.0. The number of sulfonamides is 1. The van der Waals surface area contributed by atoms with E-state index in [-0.39, 0.29) is 23.4 Å². The van der Waals surface area contributed by atoms with Gasteiger partial charge in [-0.3, -0.25) is 9.59 Å².